The van der Waals surface area contributed by atoms with E-state index in [4.69, 9.17) is 0 Å². The van der Waals surface area contributed by atoms with Gasteiger partial charge >= 0.3 is 0 Å². The molecule has 1 aliphatic heterocycles. The van der Waals surface area contributed by atoms with Gasteiger partial charge < -0.3 is 5.32 Å². The van der Waals surface area contributed by atoms with Gasteiger partial charge in [0.15, 0.2) is 0 Å². The van der Waals surface area contributed by atoms with Gasteiger partial charge in [-0.25, -0.2) is 4.39 Å². The number of aryl methyl sites for hydroxylation is 1. The summed E-state index contributed by atoms with van der Waals surface area (Å²) in [5.74, 6) is 0.412. The van der Waals surface area contributed by atoms with E-state index < -0.39 is 0 Å². The number of fused-ring (bicyclic) bond motifs is 1. The fourth-order valence-corrected chi connectivity index (χ4v) is 2.12. The number of hydrogen-bond acceptors (Lipinski definition) is 1. The molecule has 1 aromatic rings. The molecule has 1 nitrogen and oxygen atoms in total. The van der Waals surface area contributed by atoms with Crippen molar-refractivity contribution in [3.05, 3.63) is 29.1 Å². The first-order valence-electron chi connectivity index (χ1n) is 4.72. The molecule has 0 amide bonds. The van der Waals surface area contributed by atoms with Crippen molar-refractivity contribution in [3.63, 3.8) is 0 Å². The summed E-state index contributed by atoms with van der Waals surface area (Å²) < 4.78 is 13.0. The molecule has 0 bridgehead atoms. The molecule has 1 heterocycles. The molecule has 0 radical (unpaired) electrons. The summed E-state index contributed by atoms with van der Waals surface area (Å²) in [5.41, 5.74) is 3.33. The largest absolute Gasteiger partial charge is 0.385 e. The van der Waals surface area contributed by atoms with Crippen LogP contribution in [0.5, 0.6) is 0 Å². The molecule has 1 atom stereocenters. The van der Waals surface area contributed by atoms with Crippen molar-refractivity contribution in [1.82, 2.24) is 0 Å². The number of nitrogens with one attached hydrogen (secondary N) is 1. The van der Waals surface area contributed by atoms with Gasteiger partial charge in [-0.05, 0) is 42.5 Å². The average molecular weight is 179 g/mol. The smallest absolute Gasteiger partial charge is 0.125 e. The molecule has 1 N–H and O–H groups in total. The van der Waals surface area contributed by atoms with E-state index in [2.05, 4.69) is 12.2 Å². The first-order chi connectivity index (χ1) is 6.18. The van der Waals surface area contributed by atoms with E-state index in [-0.39, 0.29) is 5.82 Å². The Labute approximate surface area is 78.0 Å². The summed E-state index contributed by atoms with van der Waals surface area (Å²) in [4.78, 5) is 0. The highest BCUT2D eigenvalue weighted by molar-refractivity contribution is 5.58. The Balaban J connectivity index is 2.56. The maximum atomic E-state index is 13.0. The van der Waals surface area contributed by atoms with Crippen LogP contribution in [0.3, 0.4) is 0 Å². The van der Waals surface area contributed by atoms with E-state index in [0.29, 0.717) is 5.92 Å². The molecule has 70 valence electrons. The van der Waals surface area contributed by atoms with E-state index in [1.54, 1.807) is 12.1 Å². The number of anilines is 1. The highest BCUT2D eigenvalue weighted by atomic mass is 19.1. The van der Waals surface area contributed by atoms with Crippen molar-refractivity contribution in [3.8, 4) is 0 Å². The van der Waals surface area contributed by atoms with Gasteiger partial charge in [0.25, 0.3) is 0 Å². The van der Waals surface area contributed by atoms with Crippen LogP contribution in [0.25, 0.3) is 0 Å². The third-order valence-corrected chi connectivity index (χ3v) is 2.74. The zero-order chi connectivity index (χ0) is 9.42. The Morgan fingerprint density at radius 1 is 1.46 bits per heavy atom. The highest BCUT2D eigenvalue weighted by Gasteiger charge is 2.18. The van der Waals surface area contributed by atoms with Crippen LogP contribution in [0.15, 0.2) is 12.1 Å². The SMILES string of the molecule is Cc1cc(F)cc2c1C(C)CCN2. The lowest BCUT2D eigenvalue weighted by atomic mass is 9.89. The highest BCUT2D eigenvalue weighted by Crippen LogP contribution is 2.34. The van der Waals surface area contributed by atoms with Crippen molar-refractivity contribution >= 4 is 5.69 Å². The molecule has 0 aliphatic carbocycles. The van der Waals surface area contributed by atoms with E-state index in [1.807, 2.05) is 6.92 Å². The Morgan fingerprint density at radius 2 is 2.23 bits per heavy atom. The molecule has 0 saturated heterocycles. The minimum absolute atomic E-state index is 0.141. The average Bonchev–Trinajstić information content (AvgIpc) is 2.02. The van der Waals surface area contributed by atoms with Gasteiger partial charge in [-0.2, -0.15) is 0 Å². The Morgan fingerprint density at radius 3 is 3.00 bits per heavy atom. The molecule has 2 heteroatoms. The third kappa shape index (κ3) is 1.41. The fourth-order valence-electron chi connectivity index (χ4n) is 2.12. The minimum atomic E-state index is -0.141. The number of rotatable bonds is 0. The molecule has 1 unspecified atom stereocenters. The lowest BCUT2D eigenvalue weighted by molar-refractivity contribution is 0.618. The minimum Gasteiger partial charge on any atom is -0.385 e. The van der Waals surface area contributed by atoms with Crippen molar-refractivity contribution in [2.24, 2.45) is 0 Å². The van der Waals surface area contributed by atoms with Gasteiger partial charge in [-0.1, -0.05) is 6.92 Å². The number of hydrogen-bond donors (Lipinski definition) is 1. The maximum Gasteiger partial charge on any atom is 0.125 e. The van der Waals surface area contributed by atoms with Gasteiger partial charge in [0.1, 0.15) is 5.82 Å². The van der Waals surface area contributed by atoms with Crippen LogP contribution < -0.4 is 5.32 Å². The van der Waals surface area contributed by atoms with Crippen molar-refractivity contribution < 1.29 is 4.39 Å². The zero-order valence-electron chi connectivity index (χ0n) is 8.02. The molecule has 2 rings (SSSR count). The monoisotopic (exact) mass is 179 g/mol. The molecular weight excluding hydrogens is 165 g/mol. The van der Waals surface area contributed by atoms with E-state index in [0.717, 1.165) is 24.2 Å². The predicted molar refractivity (Wildman–Crippen MR) is 52.7 cm³/mol. The molecular formula is C11H14FN. The van der Waals surface area contributed by atoms with Crippen LogP contribution in [-0.4, -0.2) is 6.54 Å². The second-order valence-corrected chi connectivity index (χ2v) is 3.80. The lowest BCUT2D eigenvalue weighted by Gasteiger charge is -2.25. The van der Waals surface area contributed by atoms with Crippen molar-refractivity contribution in [2.45, 2.75) is 26.2 Å². The van der Waals surface area contributed by atoms with Crippen LogP contribution in [0.1, 0.15) is 30.4 Å². The van der Waals surface area contributed by atoms with Gasteiger partial charge in [-0.3, -0.25) is 0 Å². The Hall–Kier alpha value is -1.05. The summed E-state index contributed by atoms with van der Waals surface area (Å²) in [6.07, 6.45) is 1.14. The summed E-state index contributed by atoms with van der Waals surface area (Å²) in [7, 11) is 0. The van der Waals surface area contributed by atoms with E-state index >= 15 is 0 Å². The predicted octanol–water partition coefficient (Wildman–Crippen LogP) is 3.05. The van der Waals surface area contributed by atoms with E-state index in [9.17, 15) is 4.39 Å². The molecule has 1 aromatic carbocycles. The molecule has 0 fully saturated rings. The summed E-state index contributed by atoms with van der Waals surface area (Å²) in [5, 5.41) is 3.23. The summed E-state index contributed by atoms with van der Waals surface area (Å²) in [6, 6.07) is 3.21. The van der Waals surface area contributed by atoms with Gasteiger partial charge in [0.05, 0.1) is 0 Å². The van der Waals surface area contributed by atoms with Crippen LogP contribution in [0.4, 0.5) is 10.1 Å². The Kier molecular flexibility index (Phi) is 1.98. The van der Waals surface area contributed by atoms with Gasteiger partial charge in [0, 0.05) is 12.2 Å². The van der Waals surface area contributed by atoms with Crippen LogP contribution in [0.2, 0.25) is 0 Å². The number of benzene rings is 1. The second kappa shape index (κ2) is 3.02. The standard InChI is InChI=1S/C11H14FN/c1-7-3-4-13-10-6-9(12)5-8(2)11(7)10/h5-7,13H,3-4H2,1-2H3. The molecule has 1 aliphatic rings. The van der Waals surface area contributed by atoms with Crippen LogP contribution in [-0.2, 0) is 0 Å². The first kappa shape index (κ1) is 8.54. The fraction of sp³-hybridized carbons (Fsp3) is 0.455. The zero-order valence-corrected chi connectivity index (χ0v) is 8.02. The quantitative estimate of drug-likeness (QED) is 0.645. The normalized spacial score (nSPS) is 20.7. The van der Waals surface area contributed by atoms with Gasteiger partial charge in [-0.15, -0.1) is 0 Å². The molecule has 0 spiro atoms. The van der Waals surface area contributed by atoms with Gasteiger partial charge in [0.2, 0.25) is 0 Å². The van der Waals surface area contributed by atoms with E-state index in [1.165, 1.54) is 5.56 Å². The summed E-state index contributed by atoms with van der Waals surface area (Å²) >= 11 is 0. The lowest BCUT2D eigenvalue weighted by Crippen LogP contribution is -2.16. The topological polar surface area (TPSA) is 12.0 Å². The molecule has 0 saturated carbocycles. The first-order valence-corrected chi connectivity index (χ1v) is 4.72. The van der Waals surface area contributed by atoms with Crippen molar-refractivity contribution in [1.29, 1.82) is 0 Å². The third-order valence-electron chi connectivity index (χ3n) is 2.74. The summed E-state index contributed by atoms with van der Waals surface area (Å²) in [6.45, 7) is 5.13. The maximum absolute atomic E-state index is 13.0. The molecule has 0 aromatic heterocycles. The van der Waals surface area contributed by atoms with Crippen molar-refractivity contribution in [2.75, 3.05) is 11.9 Å². The second-order valence-electron chi connectivity index (χ2n) is 3.80. The van der Waals surface area contributed by atoms with Crippen LogP contribution >= 0.6 is 0 Å². The number of halogens is 1. The Bertz CT molecular complexity index is 333. The molecule has 13 heavy (non-hydrogen) atoms. The van der Waals surface area contributed by atoms with Crippen LogP contribution in [0, 0.1) is 12.7 Å².